The number of carbonyl (C=O) groups is 2. The zero-order chi connectivity index (χ0) is 15.4. The second kappa shape index (κ2) is 6.62. The van der Waals surface area contributed by atoms with E-state index in [-0.39, 0.29) is 18.4 Å². The lowest BCUT2D eigenvalue weighted by Crippen LogP contribution is -2.56. The molecule has 7 heteroatoms. The summed E-state index contributed by atoms with van der Waals surface area (Å²) in [5.74, 6) is -0.374. The van der Waals surface area contributed by atoms with Gasteiger partial charge in [-0.05, 0) is 12.5 Å². The highest BCUT2D eigenvalue weighted by Gasteiger charge is 2.34. The molecule has 0 saturated carbocycles. The van der Waals surface area contributed by atoms with Gasteiger partial charge in [-0.1, -0.05) is 6.92 Å². The summed E-state index contributed by atoms with van der Waals surface area (Å²) in [6, 6.07) is 1.03. The minimum atomic E-state index is -0.589. The van der Waals surface area contributed by atoms with Crippen LogP contribution in [0, 0.1) is 0 Å². The largest absolute Gasteiger partial charge is 0.397 e. The summed E-state index contributed by atoms with van der Waals surface area (Å²) < 4.78 is 7.02. The van der Waals surface area contributed by atoms with Crippen molar-refractivity contribution >= 4 is 17.5 Å². The van der Waals surface area contributed by atoms with E-state index in [0.29, 0.717) is 31.1 Å². The number of nitrogens with two attached hydrogens (primary N) is 1. The second-order valence-electron chi connectivity index (χ2n) is 5.15. The van der Waals surface area contributed by atoms with Crippen molar-refractivity contribution in [2.75, 3.05) is 32.0 Å². The normalized spacial score (nSPS) is 18.6. The third kappa shape index (κ3) is 3.36. The zero-order valence-corrected chi connectivity index (χ0v) is 12.5. The molecule has 1 unspecified atom stereocenters. The highest BCUT2D eigenvalue weighted by Crippen LogP contribution is 2.16. The number of aryl methyl sites for hydroxylation is 1. The van der Waals surface area contributed by atoms with Gasteiger partial charge in [0.05, 0.1) is 18.9 Å². The minimum absolute atomic E-state index is 0.174. The fourth-order valence-electron chi connectivity index (χ4n) is 2.38. The summed E-state index contributed by atoms with van der Waals surface area (Å²) in [7, 11) is 1.76. The molecule has 0 spiro atoms. The molecule has 0 radical (unpaired) electrons. The molecule has 1 saturated heterocycles. The Balaban J connectivity index is 2.16. The summed E-state index contributed by atoms with van der Waals surface area (Å²) in [6.07, 6.45) is 2.53. The lowest BCUT2D eigenvalue weighted by atomic mass is 10.2. The van der Waals surface area contributed by atoms with Gasteiger partial charge in [0.1, 0.15) is 11.7 Å². The smallest absolute Gasteiger partial charge is 0.271 e. The number of amides is 2. The molecule has 2 rings (SSSR count). The first kappa shape index (κ1) is 15.4. The molecule has 2 amide bonds. The maximum Gasteiger partial charge on any atom is 0.271 e. The number of ether oxygens (including phenoxy) is 1. The van der Waals surface area contributed by atoms with E-state index < -0.39 is 6.04 Å². The standard InChI is InChI=1S/C14H22N4O3/c1-3-4-16-13(19)12-9-21-6-5-18(12)14(20)11-7-10(15)8-17(11)2/h7-8,12H,3-6,9,15H2,1-2H3,(H,16,19). The molecule has 3 N–H and O–H groups in total. The Morgan fingerprint density at radius 3 is 2.90 bits per heavy atom. The molecular formula is C14H22N4O3. The maximum atomic E-state index is 12.6. The third-order valence-electron chi connectivity index (χ3n) is 3.49. The number of rotatable bonds is 4. The monoisotopic (exact) mass is 294 g/mol. The van der Waals surface area contributed by atoms with Gasteiger partial charge in [-0.25, -0.2) is 0 Å². The van der Waals surface area contributed by atoms with Crippen molar-refractivity contribution in [1.82, 2.24) is 14.8 Å². The summed E-state index contributed by atoms with van der Waals surface area (Å²) in [6.45, 7) is 3.63. The molecule has 1 aromatic rings. The summed E-state index contributed by atoms with van der Waals surface area (Å²) in [4.78, 5) is 26.4. The van der Waals surface area contributed by atoms with Crippen molar-refractivity contribution < 1.29 is 14.3 Å². The van der Waals surface area contributed by atoms with Crippen molar-refractivity contribution in [3.63, 3.8) is 0 Å². The van der Waals surface area contributed by atoms with Gasteiger partial charge in [0.15, 0.2) is 0 Å². The number of hydrogen-bond acceptors (Lipinski definition) is 4. The topological polar surface area (TPSA) is 89.6 Å². The van der Waals surface area contributed by atoms with Crippen LogP contribution in [-0.4, -0.2) is 53.6 Å². The van der Waals surface area contributed by atoms with Crippen LogP contribution in [0.2, 0.25) is 0 Å². The maximum absolute atomic E-state index is 12.6. The average molecular weight is 294 g/mol. The van der Waals surface area contributed by atoms with E-state index in [2.05, 4.69) is 5.32 Å². The number of morpholine rings is 1. The molecule has 7 nitrogen and oxygen atoms in total. The molecule has 1 aliphatic rings. The molecule has 1 fully saturated rings. The van der Waals surface area contributed by atoms with E-state index >= 15 is 0 Å². The van der Waals surface area contributed by atoms with Gasteiger partial charge < -0.3 is 25.3 Å². The molecule has 1 atom stereocenters. The van der Waals surface area contributed by atoms with Crippen molar-refractivity contribution in [3.8, 4) is 0 Å². The van der Waals surface area contributed by atoms with Gasteiger partial charge in [-0.15, -0.1) is 0 Å². The van der Waals surface area contributed by atoms with Crippen molar-refractivity contribution in [3.05, 3.63) is 18.0 Å². The van der Waals surface area contributed by atoms with Crippen molar-refractivity contribution in [2.24, 2.45) is 7.05 Å². The molecule has 0 aliphatic carbocycles. The average Bonchev–Trinajstić information content (AvgIpc) is 2.82. The Bertz CT molecular complexity index is 526. The zero-order valence-electron chi connectivity index (χ0n) is 12.5. The van der Waals surface area contributed by atoms with E-state index in [1.807, 2.05) is 6.92 Å². The summed E-state index contributed by atoms with van der Waals surface area (Å²) in [5, 5.41) is 2.81. The van der Waals surface area contributed by atoms with E-state index in [1.165, 1.54) is 0 Å². The number of carbonyl (C=O) groups excluding carboxylic acids is 2. The number of nitrogens with one attached hydrogen (secondary N) is 1. The minimum Gasteiger partial charge on any atom is -0.397 e. The summed E-state index contributed by atoms with van der Waals surface area (Å²) in [5.41, 5.74) is 6.71. The fraction of sp³-hybridized carbons (Fsp3) is 0.571. The third-order valence-corrected chi connectivity index (χ3v) is 3.49. The molecule has 1 aromatic heterocycles. The molecule has 1 aliphatic heterocycles. The number of nitrogens with zero attached hydrogens (tertiary/aromatic N) is 2. The van der Waals surface area contributed by atoms with Crippen molar-refractivity contribution in [1.29, 1.82) is 0 Å². The van der Waals surface area contributed by atoms with Gasteiger partial charge in [-0.3, -0.25) is 9.59 Å². The van der Waals surface area contributed by atoms with Gasteiger partial charge >= 0.3 is 0 Å². The number of anilines is 1. The molecule has 116 valence electrons. The van der Waals surface area contributed by atoms with Crippen LogP contribution in [0.3, 0.4) is 0 Å². The van der Waals surface area contributed by atoms with Crippen LogP contribution in [0.25, 0.3) is 0 Å². The van der Waals surface area contributed by atoms with Crippen LogP contribution < -0.4 is 11.1 Å². The fourth-order valence-corrected chi connectivity index (χ4v) is 2.38. The Kier molecular flexibility index (Phi) is 4.85. The second-order valence-corrected chi connectivity index (χ2v) is 5.15. The van der Waals surface area contributed by atoms with Gasteiger partial charge in [0.2, 0.25) is 5.91 Å². The Labute approximate surface area is 124 Å². The first-order chi connectivity index (χ1) is 10.0. The Morgan fingerprint density at radius 2 is 2.29 bits per heavy atom. The SMILES string of the molecule is CCCNC(=O)C1COCCN1C(=O)c1cc(N)cn1C. The van der Waals surface area contributed by atoms with E-state index in [4.69, 9.17) is 10.5 Å². The predicted octanol–water partition coefficient (Wildman–Crippen LogP) is -0.0255. The lowest BCUT2D eigenvalue weighted by molar-refractivity contribution is -0.130. The van der Waals surface area contributed by atoms with E-state index in [0.717, 1.165) is 6.42 Å². The Morgan fingerprint density at radius 1 is 1.52 bits per heavy atom. The molecule has 2 heterocycles. The lowest BCUT2D eigenvalue weighted by Gasteiger charge is -2.34. The number of aromatic nitrogens is 1. The highest BCUT2D eigenvalue weighted by molar-refractivity contribution is 5.97. The van der Waals surface area contributed by atoms with Crippen LogP contribution >= 0.6 is 0 Å². The van der Waals surface area contributed by atoms with Gasteiger partial charge in [0.25, 0.3) is 5.91 Å². The Hall–Kier alpha value is -2.02. The molecule has 0 bridgehead atoms. The summed E-state index contributed by atoms with van der Waals surface area (Å²) >= 11 is 0. The van der Waals surface area contributed by atoms with Crippen LogP contribution in [-0.2, 0) is 16.6 Å². The predicted molar refractivity (Wildman–Crippen MR) is 78.8 cm³/mol. The molecule has 21 heavy (non-hydrogen) atoms. The van der Waals surface area contributed by atoms with Crippen LogP contribution in [0.1, 0.15) is 23.8 Å². The van der Waals surface area contributed by atoms with E-state index in [1.54, 1.807) is 28.8 Å². The first-order valence-electron chi connectivity index (χ1n) is 7.12. The van der Waals surface area contributed by atoms with Gasteiger partial charge in [0, 0.05) is 26.3 Å². The molecule has 0 aromatic carbocycles. The van der Waals surface area contributed by atoms with Gasteiger partial charge in [-0.2, -0.15) is 0 Å². The molecular weight excluding hydrogens is 272 g/mol. The quantitative estimate of drug-likeness (QED) is 0.816. The number of nitrogen functional groups attached to an aromatic ring is 1. The van der Waals surface area contributed by atoms with Crippen molar-refractivity contribution in [2.45, 2.75) is 19.4 Å². The van der Waals surface area contributed by atoms with Crippen LogP contribution in [0.5, 0.6) is 0 Å². The van der Waals surface area contributed by atoms with Crippen LogP contribution in [0.4, 0.5) is 5.69 Å². The number of hydrogen-bond donors (Lipinski definition) is 2. The first-order valence-corrected chi connectivity index (χ1v) is 7.12. The highest BCUT2D eigenvalue weighted by atomic mass is 16.5. The van der Waals surface area contributed by atoms with Crippen LogP contribution in [0.15, 0.2) is 12.3 Å². The van der Waals surface area contributed by atoms with E-state index in [9.17, 15) is 9.59 Å².